The third-order valence-electron chi connectivity index (χ3n) is 6.73. The number of thioether (sulfide) groups is 1. The van der Waals surface area contributed by atoms with Crippen molar-refractivity contribution in [3.63, 3.8) is 0 Å². The lowest BCUT2D eigenvalue weighted by molar-refractivity contribution is -0.204. The van der Waals surface area contributed by atoms with Crippen molar-refractivity contribution in [1.29, 1.82) is 0 Å². The van der Waals surface area contributed by atoms with Gasteiger partial charge in [0, 0.05) is 26.7 Å². The van der Waals surface area contributed by atoms with Gasteiger partial charge in [-0.3, -0.25) is 33.6 Å². The first-order chi connectivity index (χ1) is 21.1. The number of methoxy groups -OCH3 is 1. The van der Waals surface area contributed by atoms with Gasteiger partial charge in [0.25, 0.3) is 0 Å². The normalized spacial score (nSPS) is 23.0. The first-order valence-electron chi connectivity index (χ1n) is 14.7. The molecule has 17 heteroatoms. The molecule has 1 rings (SSSR count). The molecule has 16 nitrogen and oxygen atoms in total. The van der Waals surface area contributed by atoms with Gasteiger partial charge in [0.2, 0.25) is 23.6 Å². The predicted molar refractivity (Wildman–Crippen MR) is 160 cm³/mol. The van der Waals surface area contributed by atoms with Gasteiger partial charge in [-0.1, -0.05) is 31.5 Å². The van der Waals surface area contributed by atoms with Crippen molar-refractivity contribution in [3.05, 3.63) is 0 Å². The highest BCUT2D eigenvalue weighted by atomic mass is 32.2. The van der Waals surface area contributed by atoms with E-state index in [1.165, 1.54) is 34.8 Å². The van der Waals surface area contributed by atoms with Gasteiger partial charge < -0.3 is 45.7 Å². The number of ether oxygens (including phenoxy) is 4. The van der Waals surface area contributed by atoms with E-state index in [1.807, 2.05) is 6.92 Å². The fraction of sp³-hybridized carbons (Fsp3) is 0.750. The van der Waals surface area contributed by atoms with Crippen LogP contribution in [0.4, 0.5) is 0 Å². The molecule has 8 atom stereocenters. The first-order valence-corrected chi connectivity index (χ1v) is 15.5. The summed E-state index contributed by atoms with van der Waals surface area (Å²) in [7, 11) is 1.17. The van der Waals surface area contributed by atoms with E-state index in [0.29, 0.717) is 6.42 Å². The molecule has 1 heterocycles. The van der Waals surface area contributed by atoms with Gasteiger partial charge in [0.15, 0.2) is 5.12 Å². The van der Waals surface area contributed by atoms with Crippen LogP contribution in [0.25, 0.3) is 0 Å². The zero-order chi connectivity index (χ0) is 34.3. The summed E-state index contributed by atoms with van der Waals surface area (Å²) < 4.78 is 21.6. The van der Waals surface area contributed by atoms with Crippen LogP contribution in [0, 0.1) is 0 Å². The molecule has 4 amide bonds. The number of unbranched alkanes of at least 4 members (excludes halogenated alkanes) is 2. The number of esters is 2. The summed E-state index contributed by atoms with van der Waals surface area (Å²) in [5.74, 6) is -4.09. The molecule has 6 N–H and O–H groups in total. The van der Waals surface area contributed by atoms with Crippen LogP contribution in [-0.4, -0.2) is 107 Å². The van der Waals surface area contributed by atoms with Crippen molar-refractivity contribution in [3.8, 4) is 0 Å². The number of aliphatic hydroxyl groups is 1. The van der Waals surface area contributed by atoms with Gasteiger partial charge in [-0.15, -0.1) is 0 Å². The number of hydrogen-bond acceptors (Lipinski definition) is 13. The van der Waals surface area contributed by atoms with Gasteiger partial charge in [-0.2, -0.15) is 0 Å². The summed E-state index contributed by atoms with van der Waals surface area (Å²) in [4.78, 5) is 85.1. The molecule has 45 heavy (non-hydrogen) atoms. The number of amides is 4. The standard InChI is InChI=1S/C28H46N4O12S/c1-7-8-9-10-21(36)42-13-19-23(37)24(22(31-16(4)33)28(44-19)45-17(5)34)43-15(3)27(40)30-14(2)26(39)32-18(25(29)38)11-12-20(35)41-6/h14-15,18-19,22-24,28,37H,7-13H2,1-6H3,(H2,29,38)(H,30,40)(H,31,33)(H,32,39)/t14-,15?,18+,19+,22+,23+,24-,28-/m0/s1. The second kappa shape index (κ2) is 20.0. The number of carbonyl (C=O) groups excluding carboxylic acids is 7. The van der Waals surface area contributed by atoms with E-state index >= 15 is 0 Å². The summed E-state index contributed by atoms with van der Waals surface area (Å²) in [6.07, 6.45) is -3.07. The lowest BCUT2D eigenvalue weighted by atomic mass is 9.97. The van der Waals surface area contributed by atoms with Crippen molar-refractivity contribution < 1.29 is 57.6 Å². The van der Waals surface area contributed by atoms with Crippen LogP contribution in [0.2, 0.25) is 0 Å². The quantitative estimate of drug-likeness (QED) is 0.0892. The van der Waals surface area contributed by atoms with Crippen molar-refractivity contribution >= 4 is 52.4 Å². The molecule has 1 aliphatic heterocycles. The minimum atomic E-state index is -1.52. The van der Waals surface area contributed by atoms with Crippen molar-refractivity contribution in [2.75, 3.05) is 13.7 Å². The van der Waals surface area contributed by atoms with Crippen molar-refractivity contribution in [1.82, 2.24) is 16.0 Å². The van der Waals surface area contributed by atoms with Crippen LogP contribution in [0.3, 0.4) is 0 Å². The molecular formula is C28H46N4O12S. The third-order valence-corrected chi connectivity index (χ3v) is 7.69. The Kier molecular flexibility index (Phi) is 17.6. The minimum absolute atomic E-state index is 0.116. The Morgan fingerprint density at radius 3 is 2.20 bits per heavy atom. The monoisotopic (exact) mass is 662 g/mol. The summed E-state index contributed by atoms with van der Waals surface area (Å²) in [5.41, 5.74) is 4.25. The maximum absolute atomic E-state index is 13.0. The van der Waals surface area contributed by atoms with E-state index in [-0.39, 0.29) is 31.0 Å². The van der Waals surface area contributed by atoms with E-state index < -0.39 is 83.5 Å². The fourth-order valence-corrected chi connectivity index (χ4v) is 5.17. The minimum Gasteiger partial charge on any atom is -0.469 e. The summed E-state index contributed by atoms with van der Waals surface area (Å²) in [6, 6.07) is -3.49. The van der Waals surface area contributed by atoms with Crippen LogP contribution < -0.4 is 21.7 Å². The molecule has 0 aromatic carbocycles. The average molecular weight is 663 g/mol. The average Bonchev–Trinajstić information content (AvgIpc) is 2.96. The van der Waals surface area contributed by atoms with E-state index in [2.05, 4.69) is 20.7 Å². The van der Waals surface area contributed by atoms with E-state index in [1.54, 1.807) is 0 Å². The molecule has 0 aromatic rings. The molecule has 1 aliphatic rings. The number of hydrogen-bond donors (Lipinski definition) is 5. The maximum atomic E-state index is 13.0. The molecular weight excluding hydrogens is 616 g/mol. The molecule has 0 radical (unpaired) electrons. The number of aliphatic hydroxyl groups excluding tert-OH is 1. The Hall–Kier alpha value is -3.28. The fourth-order valence-electron chi connectivity index (χ4n) is 4.28. The van der Waals surface area contributed by atoms with Crippen LogP contribution in [0.1, 0.15) is 73.1 Å². The molecule has 0 aromatic heterocycles. The maximum Gasteiger partial charge on any atom is 0.305 e. The summed E-state index contributed by atoms with van der Waals surface area (Å²) >= 11 is 0.724. The highest BCUT2D eigenvalue weighted by molar-refractivity contribution is 8.14. The number of rotatable bonds is 18. The van der Waals surface area contributed by atoms with Crippen molar-refractivity contribution in [2.24, 2.45) is 5.73 Å². The molecule has 0 spiro atoms. The van der Waals surface area contributed by atoms with E-state index in [9.17, 15) is 38.7 Å². The topological polar surface area (TPSA) is 239 Å². The lowest BCUT2D eigenvalue weighted by Gasteiger charge is -2.44. The van der Waals surface area contributed by atoms with E-state index in [0.717, 1.165) is 24.6 Å². The number of carbonyl (C=O) groups is 7. The molecule has 1 fully saturated rings. The zero-order valence-electron chi connectivity index (χ0n) is 26.5. The van der Waals surface area contributed by atoms with Gasteiger partial charge >= 0.3 is 11.9 Å². The van der Waals surface area contributed by atoms with Gasteiger partial charge in [0.1, 0.15) is 48.5 Å². The van der Waals surface area contributed by atoms with Gasteiger partial charge in [0.05, 0.1) is 13.2 Å². The zero-order valence-corrected chi connectivity index (χ0v) is 27.3. The lowest BCUT2D eigenvalue weighted by Crippen LogP contribution is -2.65. The molecule has 0 saturated carbocycles. The predicted octanol–water partition coefficient (Wildman–Crippen LogP) is -0.818. The van der Waals surface area contributed by atoms with Gasteiger partial charge in [-0.05, 0) is 26.7 Å². The smallest absolute Gasteiger partial charge is 0.305 e. The number of nitrogens with one attached hydrogen (secondary N) is 3. The Balaban J connectivity index is 3.03. The highest BCUT2D eigenvalue weighted by Gasteiger charge is 2.48. The Labute approximate surface area is 266 Å². The SMILES string of the molecule is CCCCCC(=O)OC[C@H]1O[C@@H](SC(C)=O)[C@H](NC(C)=O)[C@H](OC(C)C(=O)N[C@@H](C)C(=O)N[C@H](CCC(=O)OC)C(N)=O)[C@@H]1O. The third kappa shape index (κ3) is 14.1. The number of primary amides is 1. The van der Waals surface area contributed by atoms with Crippen LogP contribution >= 0.6 is 11.8 Å². The van der Waals surface area contributed by atoms with E-state index in [4.69, 9.17) is 19.9 Å². The number of nitrogens with two attached hydrogens (primary N) is 1. The summed E-state index contributed by atoms with van der Waals surface area (Å²) in [6.45, 7) is 6.79. The molecule has 256 valence electrons. The molecule has 0 aliphatic carbocycles. The van der Waals surface area contributed by atoms with Gasteiger partial charge in [-0.25, -0.2) is 0 Å². The second-order valence-corrected chi connectivity index (χ2v) is 11.8. The van der Waals surface area contributed by atoms with Crippen LogP contribution in [0.5, 0.6) is 0 Å². The van der Waals surface area contributed by atoms with Crippen LogP contribution in [-0.2, 0) is 52.5 Å². The highest BCUT2D eigenvalue weighted by Crippen LogP contribution is 2.31. The van der Waals surface area contributed by atoms with Crippen LogP contribution in [0.15, 0.2) is 0 Å². The first kappa shape index (κ1) is 39.7. The Morgan fingerprint density at radius 2 is 1.64 bits per heavy atom. The Morgan fingerprint density at radius 1 is 0.978 bits per heavy atom. The summed E-state index contributed by atoms with van der Waals surface area (Å²) in [5, 5.41) is 18.2. The Bertz CT molecular complexity index is 1060. The molecule has 0 bridgehead atoms. The second-order valence-electron chi connectivity index (χ2n) is 10.6. The molecule has 1 unspecified atom stereocenters. The largest absolute Gasteiger partial charge is 0.469 e. The van der Waals surface area contributed by atoms with Crippen molar-refractivity contribution in [2.45, 2.75) is 121 Å². The molecule has 1 saturated heterocycles.